The first-order valence-corrected chi connectivity index (χ1v) is 4.71. The zero-order valence-electron chi connectivity index (χ0n) is 5.85. The highest BCUT2D eigenvalue weighted by molar-refractivity contribution is 9.10. The van der Waals surface area contributed by atoms with E-state index in [0.29, 0.717) is 0 Å². The second kappa shape index (κ2) is 4.12. The van der Waals surface area contributed by atoms with Crippen LogP contribution in [-0.4, -0.2) is 5.75 Å². The minimum absolute atomic E-state index is 0.198. The molecule has 0 fully saturated rings. The lowest BCUT2D eigenvalue weighted by Crippen LogP contribution is -1.87. The average molecular weight is 235 g/mol. The molecule has 0 radical (unpaired) electrons. The summed E-state index contributed by atoms with van der Waals surface area (Å²) in [5.74, 6) is 0.548. The van der Waals surface area contributed by atoms with Gasteiger partial charge in [0.05, 0.1) is 0 Å². The minimum Gasteiger partial charge on any atom is -0.207 e. The van der Waals surface area contributed by atoms with Gasteiger partial charge in [0, 0.05) is 4.47 Å². The third kappa shape index (κ3) is 2.83. The van der Waals surface area contributed by atoms with Gasteiger partial charge in [0.15, 0.2) is 0 Å². The van der Waals surface area contributed by atoms with Crippen LogP contribution >= 0.6 is 28.6 Å². The largest absolute Gasteiger partial charge is 0.207 e. The quantitative estimate of drug-likeness (QED) is 0.748. The van der Waals surface area contributed by atoms with Crippen LogP contribution in [0.3, 0.4) is 0 Å². The van der Waals surface area contributed by atoms with E-state index >= 15 is 0 Å². The molecule has 3 heteroatoms. The first kappa shape index (κ1) is 9.07. The predicted molar refractivity (Wildman–Crippen MR) is 51.7 cm³/mol. The zero-order chi connectivity index (χ0) is 8.27. The number of thiol groups is 1. The van der Waals surface area contributed by atoms with Gasteiger partial charge in [-0.2, -0.15) is 12.6 Å². The van der Waals surface area contributed by atoms with Crippen molar-refractivity contribution in [2.45, 2.75) is 6.42 Å². The highest BCUT2D eigenvalue weighted by atomic mass is 79.9. The molecule has 0 aliphatic heterocycles. The fourth-order valence-electron chi connectivity index (χ4n) is 0.884. The number of halogens is 2. The van der Waals surface area contributed by atoms with Crippen molar-refractivity contribution < 1.29 is 4.39 Å². The van der Waals surface area contributed by atoms with Crippen LogP contribution < -0.4 is 0 Å². The van der Waals surface area contributed by atoms with Crippen LogP contribution in [0.4, 0.5) is 4.39 Å². The Morgan fingerprint density at radius 2 is 2.09 bits per heavy atom. The molecule has 1 aromatic carbocycles. The number of rotatable bonds is 2. The van der Waals surface area contributed by atoms with Crippen LogP contribution in [0.5, 0.6) is 0 Å². The number of hydrogen-bond acceptors (Lipinski definition) is 1. The van der Waals surface area contributed by atoms with Gasteiger partial charge in [-0.25, -0.2) is 4.39 Å². The normalized spacial score (nSPS) is 10.1. The van der Waals surface area contributed by atoms with Crippen LogP contribution in [0.2, 0.25) is 0 Å². The standard InChI is InChI=1S/C8H8BrFS/c9-7-3-6(1-2-11)4-8(10)5-7/h3-5,11H,1-2H2. The van der Waals surface area contributed by atoms with Crippen molar-refractivity contribution in [1.29, 1.82) is 0 Å². The van der Waals surface area contributed by atoms with Crippen molar-refractivity contribution in [2.24, 2.45) is 0 Å². The van der Waals surface area contributed by atoms with E-state index in [0.717, 1.165) is 22.2 Å². The Morgan fingerprint density at radius 3 is 2.64 bits per heavy atom. The third-order valence-corrected chi connectivity index (χ3v) is 2.00. The van der Waals surface area contributed by atoms with E-state index in [9.17, 15) is 4.39 Å². The molecule has 60 valence electrons. The first-order valence-electron chi connectivity index (χ1n) is 3.28. The van der Waals surface area contributed by atoms with Gasteiger partial charge in [-0.3, -0.25) is 0 Å². The molecule has 1 rings (SSSR count). The molecule has 0 N–H and O–H groups in total. The van der Waals surface area contributed by atoms with Gasteiger partial charge in [-0.15, -0.1) is 0 Å². The van der Waals surface area contributed by atoms with Gasteiger partial charge in [0.2, 0.25) is 0 Å². The molecule has 0 aromatic heterocycles. The van der Waals surface area contributed by atoms with Crippen LogP contribution in [0, 0.1) is 5.82 Å². The highest BCUT2D eigenvalue weighted by Gasteiger charge is 1.97. The summed E-state index contributed by atoms with van der Waals surface area (Å²) in [6.45, 7) is 0. The van der Waals surface area contributed by atoms with E-state index in [2.05, 4.69) is 28.6 Å². The Kier molecular flexibility index (Phi) is 3.40. The van der Waals surface area contributed by atoms with Crippen molar-refractivity contribution in [3.05, 3.63) is 34.1 Å². The van der Waals surface area contributed by atoms with Gasteiger partial charge in [-0.1, -0.05) is 15.9 Å². The Hall–Kier alpha value is -0.0200. The van der Waals surface area contributed by atoms with Gasteiger partial charge in [0.1, 0.15) is 5.82 Å². The van der Waals surface area contributed by atoms with E-state index in [4.69, 9.17) is 0 Å². The van der Waals surface area contributed by atoms with Crippen molar-refractivity contribution in [2.75, 3.05) is 5.75 Å². The molecule has 0 heterocycles. The molecular formula is C8H8BrFS. The highest BCUT2D eigenvalue weighted by Crippen LogP contribution is 2.15. The summed E-state index contributed by atoms with van der Waals surface area (Å²) in [5.41, 5.74) is 0.979. The third-order valence-electron chi connectivity index (χ3n) is 1.32. The zero-order valence-corrected chi connectivity index (χ0v) is 8.33. The predicted octanol–water partition coefficient (Wildman–Crippen LogP) is 3.06. The molecule has 0 saturated heterocycles. The summed E-state index contributed by atoms with van der Waals surface area (Å²) in [4.78, 5) is 0. The van der Waals surface area contributed by atoms with E-state index in [1.54, 1.807) is 0 Å². The Labute approximate surface area is 79.3 Å². The van der Waals surface area contributed by atoms with Crippen molar-refractivity contribution in [3.8, 4) is 0 Å². The van der Waals surface area contributed by atoms with Crippen molar-refractivity contribution in [3.63, 3.8) is 0 Å². The van der Waals surface area contributed by atoms with E-state index < -0.39 is 0 Å². The van der Waals surface area contributed by atoms with E-state index in [-0.39, 0.29) is 5.82 Å². The minimum atomic E-state index is -0.198. The van der Waals surface area contributed by atoms with E-state index in [1.807, 2.05) is 6.07 Å². The SMILES string of the molecule is Fc1cc(Br)cc(CCS)c1. The fraction of sp³-hybridized carbons (Fsp3) is 0.250. The Balaban J connectivity index is 2.89. The Bertz CT molecular complexity index is 230. The van der Waals surface area contributed by atoms with Crippen LogP contribution in [0.1, 0.15) is 5.56 Å². The summed E-state index contributed by atoms with van der Waals surface area (Å²) >= 11 is 7.28. The van der Waals surface area contributed by atoms with Crippen LogP contribution in [-0.2, 0) is 6.42 Å². The number of aryl methyl sites for hydroxylation is 1. The monoisotopic (exact) mass is 234 g/mol. The van der Waals surface area contributed by atoms with Crippen molar-refractivity contribution >= 4 is 28.6 Å². The maximum atomic E-state index is 12.7. The van der Waals surface area contributed by atoms with Crippen LogP contribution in [0.25, 0.3) is 0 Å². The molecular weight excluding hydrogens is 227 g/mol. The molecule has 1 aromatic rings. The molecule has 0 aliphatic rings. The second-order valence-corrected chi connectivity index (χ2v) is 3.61. The lowest BCUT2D eigenvalue weighted by atomic mass is 10.2. The summed E-state index contributed by atoms with van der Waals surface area (Å²) in [5, 5.41) is 0. The molecule has 11 heavy (non-hydrogen) atoms. The Morgan fingerprint density at radius 1 is 1.36 bits per heavy atom. The molecule has 0 nitrogen and oxygen atoms in total. The maximum Gasteiger partial charge on any atom is 0.124 e. The molecule has 0 aliphatic carbocycles. The van der Waals surface area contributed by atoms with Gasteiger partial charge < -0.3 is 0 Å². The van der Waals surface area contributed by atoms with Gasteiger partial charge >= 0.3 is 0 Å². The lowest BCUT2D eigenvalue weighted by Gasteiger charge is -1.98. The summed E-state index contributed by atoms with van der Waals surface area (Å²) in [6, 6.07) is 4.88. The second-order valence-electron chi connectivity index (χ2n) is 2.25. The first-order chi connectivity index (χ1) is 5.22. The molecule has 0 amide bonds. The van der Waals surface area contributed by atoms with Gasteiger partial charge in [0.25, 0.3) is 0 Å². The molecule has 0 bridgehead atoms. The summed E-state index contributed by atoms with van der Waals surface area (Å²) < 4.78 is 13.5. The molecule has 0 unspecified atom stereocenters. The van der Waals surface area contributed by atoms with Crippen molar-refractivity contribution in [1.82, 2.24) is 0 Å². The topological polar surface area (TPSA) is 0 Å². The number of hydrogen-bond donors (Lipinski definition) is 1. The molecule has 0 spiro atoms. The smallest absolute Gasteiger partial charge is 0.124 e. The summed E-state index contributed by atoms with van der Waals surface area (Å²) in [6.07, 6.45) is 0.805. The average Bonchev–Trinajstić information content (AvgIpc) is 1.85. The van der Waals surface area contributed by atoms with Crippen LogP contribution in [0.15, 0.2) is 22.7 Å². The lowest BCUT2D eigenvalue weighted by molar-refractivity contribution is 0.625. The molecule has 0 atom stereocenters. The fourth-order valence-corrected chi connectivity index (χ4v) is 1.66. The maximum absolute atomic E-state index is 12.7. The summed E-state index contributed by atoms with van der Waals surface area (Å²) in [7, 11) is 0. The molecule has 0 saturated carbocycles. The van der Waals surface area contributed by atoms with E-state index in [1.165, 1.54) is 12.1 Å². The van der Waals surface area contributed by atoms with Gasteiger partial charge in [-0.05, 0) is 35.9 Å². The number of benzene rings is 1.